The van der Waals surface area contributed by atoms with E-state index in [1.807, 2.05) is 42.0 Å². The van der Waals surface area contributed by atoms with Crippen LogP contribution in [-0.4, -0.2) is 60.8 Å². The summed E-state index contributed by atoms with van der Waals surface area (Å²) in [5.41, 5.74) is 1.68. The number of imidazole rings is 2. The van der Waals surface area contributed by atoms with Gasteiger partial charge < -0.3 is 4.74 Å². The molecule has 0 bridgehead atoms. The molecular weight excluding hydrogens is 420 g/mol. The highest BCUT2D eigenvalue weighted by molar-refractivity contribution is 6.32. The second kappa shape index (κ2) is 7.67. The van der Waals surface area contributed by atoms with Gasteiger partial charge in [-0.1, -0.05) is 23.7 Å². The number of hydrogen-bond acceptors (Lipinski definition) is 5. The van der Waals surface area contributed by atoms with Crippen molar-refractivity contribution < 1.29 is 4.74 Å². The van der Waals surface area contributed by atoms with E-state index in [4.69, 9.17) is 16.3 Å². The van der Waals surface area contributed by atoms with Crippen molar-refractivity contribution in [1.82, 2.24) is 28.0 Å². The van der Waals surface area contributed by atoms with Crippen molar-refractivity contribution in [1.29, 1.82) is 0 Å². The molecule has 0 N–H and O–H groups in total. The summed E-state index contributed by atoms with van der Waals surface area (Å²) in [5, 5.41) is 0.576. The third kappa shape index (κ3) is 3.20. The number of aromatic nitrogens is 5. The summed E-state index contributed by atoms with van der Waals surface area (Å²) in [4.78, 5) is 33.2. The number of morpholine rings is 1. The first-order chi connectivity index (χ1) is 15.0. The van der Waals surface area contributed by atoms with Crippen molar-refractivity contribution in [2.75, 3.05) is 32.8 Å². The molecular formula is C21H23ClN6O3. The predicted molar refractivity (Wildman–Crippen MR) is 119 cm³/mol. The summed E-state index contributed by atoms with van der Waals surface area (Å²) in [6, 6.07) is 7.47. The smallest absolute Gasteiger partial charge is 0.332 e. The van der Waals surface area contributed by atoms with Crippen LogP contribution in [-0.2, 0) is 18.3 Å². The monoisotopic (exact) mass is 442 g/mol. The lowest BCUT2D eigenvalue weighted by Gasteiger charge is -2.26. The van der Waals surface area contributed by atoms with E-state index in [0.29, 0.717) is 48.3 Å². The minimum atomic E-state index is -0.368. The number of rotatable bonds is 4. The normalized spacial score (nSPS) is 15.3. The molecule has 4 heterocycles. The molecule has 0 radical (unpaired) electrons. The van der Waals surface area contributed by atoms with E-state index in [1.54, 1.807) is 11.4 Å². The fraction of sp³-hybridized carbons (Fsp3) is 0.381. The summed E-state index contributed by atoms with van der Waals surface area (Å²) < 4.78 is 11.8. The topological polar surface area (TPSA) is 78.7 Å². The van der Waals surface area contributed by atoms with Crippen LogP contribution in [0.25, 0.3) is 22.6 Å². The highest BCUT2D eigenvalue weighted by Crippen LogP contribution is 2.26. The molecule has 0 aliphatic carbocycles. The number of benzene rings is 1. The molecule has 4 aromatic rings. The van der Waals surface area contributed by atoms with Gasteiger partial charge in [-0.3, -0.25) is 27.8 Å². The Morgan fingerprint density at radius 3 is 2.61 bits per heavy atom. The minimum Gasteiger partial charge on any atom is -0.379 e. The molecule has 1 aliphatic heterocycles. The van der Waals surface area contributed by atoms with Gasteiger partial charge in [0.2, 0.25) is 5.78 Å². The first-order valence-electron chi connectivity index (χ1n) is 10.2. The molecule has 0 saturated carbocycles. The zero-order chi connectivity index (χ0) is 21.7. The molecule has 0 atom stereocenters. The lowest BCUT2D eigenvalue weighted by molar-refractivity contribution is 0.0361. The maximum Gasteiger partial charge on any atom is 0.332 e. The Hall–Kier alpha value is -2.88. The first-order valence-corrected chi connectivity index (χ1v) is 10.6. The molecule has 1 aliphatic rings. The standard InChI is InChI=1S/C21H23ClN6O3/c1-14-13-27-17-18(23-20(27)28(14)16-6-4-3-5-15(16)22)24(2)21(30)26(19(17)29)8-7-25-9-11-31-12-10-25/h3-6,13H,7-12H2,1-2H3. The number of para-hydroxylation sites is 1. The van der Waals surface area contributed by atoms with Gasteiger partial charge in [-0.05, 0) is 19.1 Å². The van der Waals surface area contributed by atoms with E-state index in [1.165, 1.54) is 9.13 Å². The van der Waals surface area contributed by atoms with Crippen LogP contribution in [0.3, 0.4) is 0 Å². The van der Waals surface area contributed by atoms with Crippen molar-refractivity contribution in [2.45, 2.75) is 13.5 Å². The third-order valence-electron chi connectivity index (χ3n) is 5.86. The average molecular weight is 443 g/mol. The second-order valence-electron chi connectivity index (χ2n) is 7.76. The van der Waals surface area contributed by atoms with Crippen LogP contribution < -0.4 is 11.2 Å². The molecule has 31 heavy (non-hydrogen) atoms. The molecule has 1 saturated heterocycles. The van der Waals surface area contributed by atoms with Gasteiger partial charge in [-0.15, -0.1) is 0 Å². The van der Waals surface area contributed by atoms with E-state index < -0.39 is 0 Å². The molecule has 1 fully saturated rings. The lowest BCUT2D eigenvalue weighted by atomic mass is 10.3. The number of fused-ring (bicyclic) bond motifs is 3. The summed E-state index contributed by atoms with van der Waals surface area (Å²) >= 11 is 6.42. The summed E-state index contributed by atoms with van der Waals surface area (Å²) in [7, 11) is 1.65. The van der Waals surface area contributed by atoms with Crippen molar-refractivity contribution in [3.63, 3.8) is 0 Å². The molecule has 0 spiro atoms. The Labute approximate surface area is 182 Å². The van der Waals surface area contributed by atoms with Crippen LogP contribution in [0.5, 0.6) is 0 Å². The quantitative estimate of drug-likeness (QED) is 0.478. The van der Waals surface area contributed by atoms with Gasteiger partial charge in [0.05, 0.1) is 23.9 Å². The first kappa shape index (κ1) is 20.0. The number of aryl methyl sites for hydroxylation is 2. The summed E-state index contributed by atoms with van der Waals surface area (Å²) in [6.45, 7) is 5.81. The Bertz CT molecular complexity index is 1410. The zero-order valence-corrected chi connectivity index (χ0v) is 18.2. The van der Waals surface area contributed by atoms with E-state index in [0.717, 1.165) is 24.5 Å². The van der Waals surface area contributed by atoms with Gasteiger partial charge in [-0.25, -0.2) is 4.79 Å². The van der Waals surface area contributed by atoms with Crippen molar-refractivity contribution >= 4 is 28.5 Å². The van der Waals surface area contributed by atoms with E-state index >= 15 is 0 Å². The second-order valence-corrected chi connectivity index (χ2v) is 8.17. The Morgan fingerprint density at radius 1 is 1.13 bits per heavy atom. The van der Waals surface area contributed by atoms with Crippen LogP contribution in [0, 0.1) is 6.92 Å². The third-order valence-corrected chi connectivity index (χ3v) is 6.18. The predicted octanol–water partition coefficient (Wildman–Crippen LogP) is 1.43. The molecule has 5 rings (SSSR count). The van der Waals surface area contributed by atoms with Crippen LogP contribution in [0.1, 0.15) is 5.69 Å². The number of nitrogens with zero attached hydrogens (tertiary/aromatic N) is 6. The fourth-order valence-electron chi connectivity index (χ4n) is 4.20. The molecule has 10 heteroatoms. The fourth-order valence-corrected chi connectivity index (χ4v) is 4.42. The highest BCUT2D eigenvalue weighted by atomic mass is 35.5. The zero-order valence-electron chi connectivity index (χ0n) is 17.4. The summed E-state index contributed by atoms with van der Waals surface area (Å²) in [5.74, 6) is 0.540. The maximum atomic E-state index is 13.4. The van der Waals surface area contributed by atoms with Gasteiger partial charge >= 0.3 is 5.69 Å². The number of halogens is 1. The highest BCUT2D eigenvalue weighted by Gasteiger charge is 2.22. The molecule has 0 amide bonds. The van der Waals surface area contributed by atoms with E-state index in [2.05, 4.69) is 9.88 Å². The van der Waals surface area contributed by atoms with Gasteiger partial charge in [0.1, 0.15) is 0 Å². The summed E-state index contributed by atoms with van der Waals surface area (Å²) in [6.07, 6.45) is 1.85. The molecule has 3 aromatic heterocycles. The van der Waals surface area contributed by atoms with Crippen molar-refractivity contribution in [2.24, 2.45) is 7.05 Å². The van der Waals surface area contributed by atoms with Crippen LogP contribution in [0.15, 0.2) is 40.1 Å². The number of hydrogen-bond donors (Lipinski definition) is 0. The van der Waals surface area contributed by atoms with Gasteiger partial charge in [0.25, 0.3) is 5.56 Å². The lowest BCUT2D eigenvalue weighted by Crippen LogP contribution is -2.44. The van der Waals surface area contributed by atoms with Crippen LogP contribution in [0.2, 0.25) is 5.02 Å². The van der Waals surface area contributed by atoms with Gasteiger partial charge in [-0.2, -0.15) is 4.98 Å². The molecule has 162 valence electrons. The Morgan fingerprint density at radius 2 is 1.87 bits per heavy atom. The maximum absolute atomic E-state index is 13.4. The molecule has 0 unspecified atom stereocenters. The number of ether oxygens (including phenoxy) is 1. The van der Waals surface area contributed by atoms with Crippen molar-refractivity contribution in [3.05, 3.63) is 62.0 Å². The van der Waals surface area contributed by atoms with Crippen molar-refractivity contribution in [3.8, 4) is 5.69 Å². The Balaban J connectivity index is 1.68. The SMILES string of the molecule is Cc1cn2c3c(=O)n(CCN4CCOCC4)c(=O)n(C)c3nc2n1-c1ccccc1Cl. The van der Waals surface area contributed by atoms with E-state index in [-0.39, 0.29) is 11.2 Å². The molecule has 9 nitrogen and oxygen atoms in total. The van der Waals surface area contributed by atoms with Crippen LogP contribution in [0.4, 0.5) is 0 Å². The minimum absolute atomic E-state index is 0.318. The van der Waals surface area contributed by atoms with Gasteiger partial charge in [0, 0.05) is 45.1 Å². The Kier molecular flexibility index (Phi) is 4.96. The largest absolute Gasteiger partial charge is 0.379 e. The van der Waals surface area contributed by atoms with Crippen LogP contribution >= 0.6 is 11.6 Å². The molecule has 1 aromatic carbocycles. The van der Waals surface area contributed by atoms with E-state index in [9.17, 15) is 9.59 Å². The van der Waals surface area contributed by atoms with Gasteiger partial charge in [0.15, 0.2) is 11.2 Å². The average Bonchev–Trinajstić information content (AvgIpc) is 3.28.